The Bertz CT molecular complexity index is 2310. The molecule has 5 rings (SSSR count). The van der Waals surface area contributed by atoms with E-state index in [1.807, 2.05) is 0 Å². The van der Waals surface area contributed by atoms with E-state index in [-0.39, 0.29) is 32.7 Å². The molecule has 0 fully saturated rings. The molecular formula is C26H19N5O10S4. The lowest BCUT2D eigenvalue weighted by molar-refractivity contribution is 0.479. The van der Waals surface area contributed by atoms with Crippen molar-refractivity contribution in [1.29, 1.82) is 0 Å². The van der Waals surface area contributed by atoms with Gasteiger partial charge in [-0.1, -0.05) is 6.07 Å². The van der Waals surface area contributed by atoms with Crippen LogP contribution in [0.5, 0.6) is 5.75 Å². The molecule has 0 bridgehead atoms. The molecule has 5 aromatic rings. The molecule has 0 spiro atoms. The molecule has 0 aliphatic carbocycles. The van der Waals surface area contributed by atoms with Crippen molar-refractivity contribution in [3.63, 3.8) is 0 Å². The number of hydrogen-bond acceptors (Lipinski definition) is 13. The monoisotopic (exact) mass is 689 g/mol. The van der Waals surface area contributed by atoms with Gasteiger partial charge in [0.2, 0.25) is 0 Å². The summed E-state index contributed by atoms with van der Waals surface area (Å²) in [6.07, 6.45) is 0. The third kappa shape index (κ3) is 6.70. The fraction of sp³-hybridized carbons (Fsp3) is 0. The number of aromatic hydroxyl groups is 1. The van der Waals surface area contributed by atoms with E-state index in [4.69, 9.17) is 10.3 Å². The zero-order chi connectivity index (χ0) is 32.7. The second-order valence-corrected chi connectivity index (χ2v) is 13.6. The van der Waals surface area contributed by atoms with Gasteiger partial charge in [0, 0.05) is 33.1 Å². The van der Waals surface area contributed by atoms with Crippen LogP contribution in [0.15, 0.2) is 113 Å². The molecule has 1 atom stereocenters. The molecule has 5 aromatic carbocycles. The summed E-state index contributed by atoms with van der Waals surface area (Å²) in [5.41, 5.74) is 5.76. The Balaban J connectivity index is 1.61. The van der Waals surface area contributed by atoms with Gasteiger partial charge in [0.1, 0.15) is 10.6 Å². The number of phenolic OH excluding ortho intramolecular Hbond substituents is 1. The standard InChI is InChI=1S/C26H19N5O10S4/c27-20-12-18-13(10-24(20)45(39,40)41)9-23(43(34)35)25(26(18)32)31-30-22-8-7-21(17-6-3-15(42-33)11-19(17)22)29-28-14-1-4-16(5-2-14)44(36,37)38/h1-12,32-33H,27H2,(H,34,35)(H,36,37,38)(H,39,40,41)/b29-28+,31-30+. The minimum Gasteiger partial charge on any atom is -0.505 e. The number of hydrogen-bond donors (Lipinski definition) is 6. The zero-order valence-corrected chi connectivity index (χ0v) is 25.5. The SMILES string of the molecule is Nc1cc2c(O)c(/N=N/c3ccc(/N=N/c4ccc(S(=O)(=O)O)cc4)c4ccc(SO)cc34)c(S(=O)O)cc2cc1S(=O)(=O)O. The number of nitrogen functional groups attached to an aromatic ring is 1. The molecular weight excluding hydrogens is 671 g/mol. The number of anilines is 1. The molecule has 19 heteroatoms. The predicted molar refractivity (Wildman–Crippen MR) is 166 cm³/mol. The lowest BCUT2D eigenvalue weighted by atomic mass is 10.1. The maximum absolute atomic E-state index is 12.2. The van der Waals surface area contributed by atoms with Crippen LogP contribution >= 0.6 is 12.0 Å². The first-order chi connectivity index (χ1) is 21.2. The molecule has 0 amide bonds. The van der Waals surface area contributed by atoms with E-state index in [2.05, 4.69) is 20.5 Å². The van der Waals surface area contributed by atoms with Gasteiger partial charge in [0.25, 0.3) is 20.2 Å². The van der Waals surface area contributed by atoms with Crippen molar-refractivity contribution in [2.75, 3.05) is 5.73 Å². The molecule has 0 aliphatic heterocycles. The van der Waals surface area contributed by atoms with Gasteiger partial charge in [-0.05, 0) is 72.1 Å². The molecule has 45 heavy (non-hydrogen) atoms. The Morgan fingerprint density at radius 2 is 1.38 bits per heavy atom. The van der Waals surface area contributed by atoms with Crippen LogP contribution in [0.3, 0.4) is 0 Å². The summed E-state index contributed by atoms with van der Waals surface area (Å²) in [5, 5.41) is 28.3. The van der Waals surface area contributed by atoms with E-state index in [0.29, 0.717) is 33.4 Å². The number of fused-ring (bicyclic) bond motifs is 2. The van der Waals surface area contributed by atoms with Crippen LogP contribution in [0, 0.1) is 0 Å². The molecule has 0 saturated heterocycles. The van der Waals surface area contributed by atoms with Crippen molar-refractivity contribution >= 4 is 93.3 Å². The van der Waals surface area contributed by atoms with E-state index in [1.54, 1.807) is 18.2 Å². The van der Waals surface area contributed by atoms with Gasteiger partial charge in [-0.3, -0.25) is 9.11 Å². The lowest BCUT2D eigenvalue weighted by Gasteiger charge is -2.11. The first-order valence-electron chi connectivity index (χ1n) is 12.1. The van der Waals surface area contributed by atoms with E-state index in [9.17, 15) is 39.8 Å². The predicted octanol–water partition coefficient (Wildman–Crippen LogP) is 6.75. The van der Waals surface area contributed by atoms with Crippen LogP contribution in [-0.4, -0.2) is 44.4 Å². The second-order valence-electron chi connectivity index (χ2n) is 9.18. The first kappa shape index (κ1) is 32.1. The smallest absolute Gasteiger partial charge is 0.296 e. The third-order valence-electron chi connectivity index (χ3n) is 6.36. The van der Waals surface area contributed by atoms with Crippen LogP contribution in [0.2, 0.25) is 0 Å². The molecule has 0 saturated carbocycles. The van der Waals surface area contributed by atoms with Gasteiger partial charge >= 0.3 is 0 Å². The van der Waals surface area contributed by atoms with E-state index < -0.39 is 52.5 Å². The summed E-state index contributed by atoms with van der Waals surface area (Å²) < 4.78 is 96.2. The molecule has 0 aromatic heterocycles. The molecule has 232 valence electrons. The van der Waals surface area contributed by atoms with Gasteiger partial charge in [-0.2, -0.15) is 21.9 Å². The summed E-state index contributed by atoms with van der Waals surface area (Å²) in [5.74, 6) is -0.636. The average Bonchev–Trinajstić information content (AvgIpc) is 2.98. The first-order valence-corrected chi connectivity index (χ1v) is 16.9. The lowest BCUT2D eigenvalue weighted by Crippen LogP contribution is -2.03. The number of azo groups is 2. The number of rotatable bonds is 8. The van der Waals surface area contributed by atoms with Crippen LogP contribution in [0.4, 0.5) is 28.4 Å². The van der Waals surface area contributed by atoms with Gasteiger partial charge in [-0.25, -0.2) is 4.21 Å². The van der Waals surface area contributed by atoms with Gasteiger partial charge in [0.05, 0.1) is 32.5 Å². The molecule has 15 nitrogen and oxygen atoms in total. The molecule has 0 heterocycles. The van der Waals surface area contributed by atoms with Crippen LogP contribution in [0.25, 0.3) is 21.5 Å². The number of nitrogens with two attached hydrogens (primary N) is 1. The zero-order valence-electron chi connectivity index (χ0n) is 22.2. The summed E-state index contributed by atoms with van der Waals surface area (Å²) in [6.45, 7) is 0. The maximum Gasteiger partial charge on any atom is 0.296 e. The molecule has 1 unspecified atom stereocenters. The van der Waals surface area contributed by atoms with E-state index in [1.165, 1.54) is 24.3 Å². The van der Waals surface area contributed by atoms with Gasteiger partial charge < -0.3 is 19.9 Å². The number of phenols is 1. The van der Waals surface area contributed by atoms with Crippen molar-refractivity contribution < 1.29 is 44.4 Å². The molecule has 7 N–H and O–H groups in total. The number of nitrogens with zero attached hydrogens (tertiary/aromatic N) is 4. The fourth-order valence-electron chi connectivity index (χ4n) is 4.27. The Morgan fingerprint density at radius 3 is 1.98 bits per heavy atom. The Kier molecular flexibility index (Phi) is 8.70. The summed E-state index contributed by atoms with van der Waals surface area (Å²) in [4.78, 5) is -0.969. The minimum atomic E-state index is -4.74. The highest BCUT2D eigenvalue weighted by Gasteiger charge is 2.21. The third-order valence-corrected chi connectivity index (χ3v) is 9.29. The van der Waals surface area contributed by atoms with Crippen LogP contribution in [-0.2, 0) is 31.3 Å². The van der Waals surface area contributed by atoms with E-state index >= 15 is 0 Å². The van der Waals surface area contributed by atoms with Gasteiger partial charge in [-0.15, -0.1) is 15.3 Å². The maximum atomic E-state index is 12.2. The highest BCUT2D eigenvalue weighted by molar-refractivity contribution is 7.93. The summed E-state index contributed by atoms with van der Waals surface area (Å²) in [6, 6.07) is 15.9. The Morgan fingerprint density at radius 1 is 0.733 bits per heavy atom. The Labute approximate surface area is 261 Å². The average molecular weight is 690 g/mol. The van der Waals surface area contributed by atoms with E-state index in [0.717, 1.165) is 30.3 Å². The largest absolute Gasteiger partial charge is 0.505 e. The number of benzene rings is 5. The van der Waals surface area contributed by atoms with Crippen molar-refractivity contribution in [1.82, 2.24) is 0 Å². The Hall–Kier alpha value is -4.34. The van der Waals surface area contributed by atoms with Gasteiger partial charge in [0.15, 0.2) is 16.8 Å². The second kappa shape index (κ2) is 12.2. The normalized spacial score (nSPS) is 13.3. The topological polar surface area (TPSA) is 262 Å². The van der Waals surface area contributed by atoms with Crippen LogP contribution in [0.1, 0.15) is 0 Å². The highest BCUT2D eigenvalue weighted by atomic mass is 32.2. The molecule has 0 radical (unpaired) electrons. The fourth-order valence-corrected chi connectivity index (χ4v) is 6.21. The summed E-state index contributed by atoms with van der Waals surface area (Å²) in [7, 11) is -9.12. The quantitative estimate of drug-likeness (QED) is 0.0325. The highest BCUT2D eigenvalue weighted by Crippen LogP contribution is 2.43. The van der Waals surface area contributed by atoms with Crippen molar-refractivity contribution in [3.8, 4) is 5.75 Å². The van der Waals surface area contributed by atoms with Crippen molar-refractivity contribution in [2.24, 2.45) is 20.5 Å². The van der Waals surface area contributed by atoms with Crippen molar-refractivity contribution in [2.45, 2.75) is 19.6 Å². The van der Waals surface area contributed by atoms with Crippen molar-refractivity contribution in [3.05, 3.63) is 72.8 Å². The van der Waals surface area contributed by atoms with Crippen LogP contribution < -0.4 is 5.73 Å². The molecule has 0 aliphatic rings. The minimum absolute atomic E-state index is 0.0249. The summed E-state index contributed by atoms with van der Waals surface area (Å²) >= 11 is -2.27.